The predicted molar refractivity (Wildman–Crippen MR) is 93.2 cm³/mol. The Morgan fingerprint density at radius 1 is 1.17 bits per heavy atom. The summed E-state index contributed by atoms with van der Waals surface area (Å²) in [5.74, 6) is -0.768. The van der Waals surface area contributed by atoms with Gasteiger partial charge in [0.15, 0.2) is 0 Å². The average molecular weight is 324 g/mol. The van der Waals surface area contributed by atoms with Crippen LogP contribution in [0.2, 0.25) is 0 Å². The molecule has 0 saturated carbocycles. The maximum absolute atomic E-state index is 10.8. The van der Waals surface area contributed by atoms with Gasteiger partial charge in [0.25, 0.3) is 0 Å². The van der Waals surface area contributed by atoms with Crippen LogP contribution in [-0.4, -0.2) is 21.0 Å². The van der Waals surface area contributed by atoms with E-state index in [1.807, 2.05) is 36.4 Å². The van der Waals surface area contributed by atoms with Crippen LogP contribution in [0.1, 0.15) is 29.8 Å². The van der Waals surface area contributed by atoms with E-state index < -0.39 is 5.97 Å². The molecule has 1 aromatic carbocycles. The first-order valence-corrected chi connectivity index (χ1v) is 8.22. The van der Waals surface area contributed by atoms with Gasteiger partial charge in [-0.1, -0.05) is 18.2 Å². The van der Waals surface area contributed by atoms with Crippen LogP contribution in [0, 0.1) is 0 Å². The van der Waals surface area contributed by atoms with E-state index in [2.05, 4.69) is 16.0 Å². The van der Waals surface area contributed by atoms with Crippen molar-refractivity contribution in [2.75, 3.05) is 0 Å². The third-order valence-electron chi connectivity index (χ3n) is 3.43. The summed E-state index contributed by atoms with van der Waals surface area (Å²) in [5.41, 5.74) is 3.03. The highest BCUT2D eigenvalue weighted by Gasteiger charge is 2.10. The number of rotatable bonds is 6. The summed E-state index contributed by atoms with van der Waals surface area (Å²) >= 11 is 1.64. The van der Waals surface area contributed by atoms with Gasteiger partial charge in [0.05, 0.1) is 10.2 Å². The summed E-state index contributed by atoms with van der Waals surface area (Å²) in [6.07, 6.45) is 7.02. The van der Waals surface area contributed by atoms with Gasteiger partial charge in [0.2, 0.25) is 0 Å². The van der Waals surface area contributed by atoms with Crippen LogP contribution in [0.5, 0.6) is 0 Å². The molecule has 4 nitrogen and oxygen atoms in total. The number of benzene rings is 1. The van der Waals surface area contributed by atoms with Gasteiger partial charge in [-0.25, -0.2) is 4.98 Å². The SMILES string of the molecule is O=C(O)CCC/C(=C\c1cccnc1)c1nc2ccccc2s1. The lowest BCUT2D eigenvalue weighted by Crippen LogP contribution is -1.94. The third kappa shape index (κ3) is 4.02. The highest BCUT2D eigenvalue weighted by Crippen LogP contribution is 2.31. The molecule has 3 aromatic rings. The van der Waals surface area contributed by atoms with E-state index in [4.69, 9.17) is 5.11 Å². The largest absolute Gasteiger partial charge is 0.481 e. The van der Waals surface area contributed by atoms with Crippen molar-refractivity contribution in [2.45, 2.75) is 19.3 Å². The topological polar surface area (TPSA) is 63.1 Å². The van der Waals surface area contributed by atoms with Crippen LogP contribution in [0.4, 0.5) is 0 Å². The Labute approximate surface area is 138 Å². The number of aromatic nitrogens is 2. The molecule has 2 heterocycles. The van der Waals surface area contributed by atoms with Crippen molar-refractivity contribution >= 4 is 39.2 Å². The van der Waals surface area contributed by atoms with Gasteiger partial charge < -0.3 is 5.11 Å². The number of nitrogens with zero attached hydrogens (tertiary/aromatic N) is 2. The number of carboxylic acid groups (broad SMARTS) is 1. The van der Waals surface area contributed by atoms with Gasteiger partial charge in [-0.3, -0.25) is 9.78 Å². The quantitative estimate of drug-likeness (QED) is 0.726. The second-order valence-corrected chi connectivity index (χ2v) is 6.22. The predicted octanol–water partition coefficient (Wildman–Crippen LogP) is 4.49. The van der Waals surface area contributed by atoms with Gasteiger partial charge in [-0.2, -0.15) is 0 Å². The minimum atomic E-state index is -0.768. The van der Waals surface area contributed by atoms with Crippen molar-refractivity contribution < 1.29 is 9.90 Å². The highest BCUT2D eigenvalue weighted by atomic mass is 32.1. The van der Waals surface area contributed by atoms with E-state index in [0.29, 0.717) is 12.8 Å². The first kappa shape index (κ1) is 15.4. The van der Waals surface area contributed by atoms with Crippen LogP contribution in [0.15, 0.2) is 48.8 Å². The summed E-state index contributed by atoms with van der Waals surface area (Å²) in [7, 11) is 0. The summed E-state index contributed by atoms with van der Waals surface area (Å²) in [4.78, 5) is 19.6. The number of allylic oxidation sites excluding steroid dienone is 1. The van der Waals surface area contributed by atoms with Crippen molar-refractivity contribution in [1.82, 2.24) is 9.97 Å². The Kier molecular flexibility index (Phi) is 4.78. The molecular weight excluding hydrogens is 308 g/mol. The highest BCUT2D eigenvalue weighted by molar-refractivity contribution is 7.19. The molecule has 0 amide bonds. The van der Waals surface area contributed by atoms with E-state index in [9.17, 15) is 4.79 Å². The van der Waals surface area contributed by atoms with Crippen LogP contribution in [0.3, 0.4) is 0 Å². The van der Waals surface area contributed by atoms with Gasteiger partial charge in [0, 0.05) is 18.8 Å². The third-order valence-corrected chi connectivity index (χ3v) is 4.54. The lowest BCUT2D eigenvalue weighted by Gasteiger charge is -2.04. The number of aliphatic carboxylic acids is 1. The van der Waals surface area contributed by atoms with Crippen molar-refractivity contribution in [3.8, 4) is 0 Å². The van der Waals surface area contributed by atoms with E-state index in [-0.39, 0.29) is 6.42 Å². The van der Waals surface area contributed by atoms with Crippen LogP contribution >= 0.6 is 11.3 Å². The van der Waals surface area contributed by atoms with E-state index in [1.54, 1.807) is 23.7 Å². The normalized spacial score (nSPS) is 11.7. The zero-order chi connectivity index (χ0) is 16.1. The Morgan fingerprint density at radius 3 is 2.78 bits per heavy atom. The van der Waals surface area contributed by atoms with Gasteiger partial charge in [-0.05, 0) is 48.3 Å². The molecule has 5 heteroatoms. The summed E-state index contributed by atoms with van der Waals surface area (Å²) < 4.78 is 1.14. The summed E-state index contributed by atoms with van der Waals surface area (Å²) in [5, 5.41) is 9.80. The van der Waals surface area contributed by atoms with Crippen LogP contribution < -0.4 is 0 Å². The standard InChI is InChI=1S/C18H16N2O2S/c21-17(22)9-3-6-14(11-13-5-4-10-19-12-13)18-20-15-7-1-2-8-16(15)23-18/h1-2,4-5,7-8,10-12H,3,6,9H2,(H,21,22)/b14-11+. The molecule has 0 aliphatic rings. The maximum atomic E-state index is 10.8. The molecular formula is C18H16N2O2S. The second kappa shape index (κ2) is 7.15. The number of fused-ring (bicyclic) bond motifs is 1. The van der Waals surface area contributed by atoms with E-state index >= 15 is 0 Å². The van der Waals surface area contributed by atoms with Gasteiger partial charge in [-0.15, -0.1) is 11.3 Å². The Balaban J connectivity index is 1.93. The van der Waals surface area contributed by atoms with E-state index in [0.717, 1.165) is 26.4 Å². The van der Waals surface area contributed by atoms with Crippen molar-refractivity contribution in [3.63, 3.8) is 0 Å². The lowest BCUT2D eigenvalue weighted by atomic mass is 10.1. The zero-order valence-electron chi connectivity index (χ0n) is 12.5. The number of pyridine rings is 1. The fraction of sp³-hybridized carbons (Fsp3) is 0.167. The first-order valence-electron chi connectivity index (χ1n) is 7.41. The van der Waals surface area contributed by atoms with Crippen molar-refractivity contribution in [2.24, 2.45) is 0 Å². The number of para-hydroxylation sites is 1. The molecule has 23 heavy (non-hydrogen) atoms. The average Bonchev–Trinajstić information content (AvgIpc) is 2.98. The fourth-order valence-corrected chi connectivity index (χ4v) is 3.35. The number of thiazole rings is 1. The molecule has 0 saturated heterocycles. The first-order chi connectivity index (χ1) is 11.2. The van der Waals surface area contributed by atoms with Gasteiger partial charge in [0.1, 0.15) is 5.01 Å². The lowest BCUT2D eigenvalue weighted by molar-refractivity contribution is -0.137. The molecule has 0 aliphatic heterocycles. The Bertz CT molecular complexity index is 807. The molecule has 3 rings (SSSR count). The molecule has 0 spiro atoms. The minimum Gasteiger partial charge on any atom is -0.481 e. The van der Waals surface area contributed by atoms with Crippen LogP contribution in [0.25, 0.3) is 21.9 Å². The van der Waals surface area contributed by atoms with E-state index in [1.165, 1.54) is 0 Å². The number of carboxylic acids is 1. The van der Waals surface area contributed by atoms with Crippen molar-refractivity contribution in [1.29, 1.82) is 0 Å². The molecule has 1 N–H and O–H groups in total. The molecule has 0 unspecified atom stereocenters. The second-order valence-electron chi connectivity index (χ2n) is 5.19. The number of hydrogen-bond donors (Lipinski definition) is 1. The maximum Gasteiger partial charge on any atom is 0.303 e. The molecule has 0 aliphatic carbocycles. The number of hydrogen-bond acceptors (Lipinski definition) is 4. The smallest absolute Gasteiger partial charge is 0.303 e. The molecule has 0 bridgehead atoms. The molecule has 116 valence electrons. The monoisotopic (exact) mass is 324 g/mol. The minimum absolute atomic E-state index is 0.162. The molecule has 0 atom stereocenters. The summed E-state index contributed by atoms with van der Waals surface area (Å²) in [6.45, 7) is 0. The Hall–Kier alpha value is -2.53. The number of carbonyl (C=O) groups is 1. The fourth-order valence-electron chi connectivity index (χ4n) is 2.34. The Morgan fingerprint density at radius 2 is 2.04 bits per heavy atom. The zero-order valence-corrected chi connectivity index (χ0v) is 13.3. The molecule has 0 radical (unpaired) electrons. The van der Waals surface area contributed by atoms with Crippen LogP contribution in [-0.2, 0) is 4.79 Å². The van der Waals surface area contributed by atoms with Gasteiger partial charge >= 0.3 is 5.97 Å². The molecule has 2 aromatic heterocycles. The van der Waals surface area contributed by atoms with Crippen molar-refractivity contribution in [3.05, 3.63) is 59.4 Å². The molecule has 0 fully saturated rings. The summed E-state index contributed by atoms with van der Waals surface area (Å²) in [6, 6.07) is 11.9.